The number of anilines is 1. The Balaban J connectivity index is 2.05. The van der Waals surface area contributed by atoms with Crippen LogP contribution < -0.4 is 10.2 Å². The minimum Gasteiger partial charge on any atom is -0.317 e. The van der Waals surface area contributed by atoms with Gasteiger partial charge in [-0.3, -0.25) is 9.69 Å². The Morgan fingerprint density at radius 1 is 1.40 bits per heavy atom. The van der Waals surface area contributed by atoms with Gasteiger partial charge < -0.3 is 5.32 Å². The second-order valence-electron chi connectivity index (χ2n) is 6.33. The van der Waals surface area contributed by atoms with E-state index >= 15 is 0 Å². The molecule has 0 spiro atoms. The standard InChI is InChI=1S/C15H20BrN3O/c1-15(2)8-13(20)19(11-3-5-17-6-4-11)14-12(15)7-10(16)9-18-14/h7,9,11,17H,3-6,8H2,1-2H3. The first kappa shape index (κ1) is 14.0. The van der Waals surface area contributed by atoms with Crippen molar-refractivity contribution in [1.82, 2.24) is 10.3 Å². The van der Waals surface area contributed by atoms with Crippen molar-refractivity contribution >= 4 is 27.7 Å². The van der Waals surface area contributed by atoms with Crippen molar-refractivity contribution in [2.24, 2.45) is 0 Å². The van der Waals surface area contributed by atoms with Gasteiger partial charge in [0.25, 0.3) is 0 Å². The number of hydrogen-bond donors (Lipinski definition) is 1. The van der Waals surface area contributed by atoms with Crippen molar-refractivity contribution in [3.63, 3.8) is 0 Å². The van der Waals surface area contributed by atoms with Gasteiger partial charge in [0.1, 0.15) is 5.82 Å². The third-order valence-electron chi connectivity index (χ3n) is 4.33. The van der Waals surface area contributed by atoms with E-state index in [1.54, 1.807) is 6.20 Å². The van der Waals surface area contributed by atoms with Crippen LogP contribution in [0.5, 0.6) is 0 Å². The largest absolute Gasteiger partial charge is 0.317 e. The quantitative estimate of drug-likeness (QED) is 0.856. The fourth-order valence-electron chi connectivity index (χ4n) is 3.24. The third kappa shape index (κ3) is 2.37. The first-order chi connectivity index (χ1) is 9.49. The van der Waals surface area contributed by atoms with Crippen LogP contribution in [0.1, 0.15) is 38.7 Å². The number of pyridine rings is 1. The third-order valence-corrected chi connectivity index (χ3v) is 4.76. The first-order valence-corrected chi connectivity index (χ1v) is 7.97. The Kier molecular flexibility index (Phi) is 3.58. The average molecular weight is 338 g/mol. The molecule has 4 nitrogen and oxygen atoms in total. The van der Waals surface area contributed by atoms with Gasteiger partial charge in [0.15, 0.2) is 0 Å². The summed E-state index contributed by atoms with van der Waals surface area (Å²) in [6.07, 6.45) is 4.36. The van der Waals surface area contributed by atoms with Crippen LogP contribution in [0.2, 0.25) is 0 Å². The molecule has 20 heavy (non-hydrogen) atoms. The lowest BCUT2D eigenvalue weighted by molar-refractivity contribution is -0.120. The van der Waals surface area contributed by atoms with Crippen LogP contribution in [0, 0.1) is 0 Å². The molecule has 2 aliphatic heterocycles. The first-order valence-electron chi connectivity index (χ1n) is 7.18. The number of aromatic nitrogens is 1. The highest BCUT2D eigenvalue weighted by atomic mass is 79.9. The maximum atomic E-state index is 12.6. The monoisotopic (exact) mass is 337 g/mol. The molecule has 1 N–H and O–H groups in total. The van der Waals surface area contributed by atoms with Gasteiger partial charge in [-0.2, -0.15) is 0 Å². The highest BCUT2D eigenvalue weighted by molar-refractivity contribution is 9.10. The highest BCUT2D eigenvalue weighted by Crippen LogP contribution is 2.41. The molecule has 3 heterocycles. The van der Waals surface area contributed by atoms with Gasteiger partial charge in [-0.25, -0.2) is 4.98 Å². The maximum Gasteiger partial charge on any atom is 0.229 e. The van der Waals surface area contributed by atoms with Gasteiger partial charge in [-0.05, 0) is 47.9 Å². The zero-order valence-corrected chi connectivity index (χ0v) is 13.5. The topological polar surface area (TPSA) is 45.2 Å². The molecule has 1 aromatic heterocycles. The van der Waals surface area contributed by atoms with E-state index in [1.807, 2.05) is 4.90 Å². The summed E-state index contributed by atoms with van der Waals surface area (Å²) in [5, 5.41) is 3.35. The van der Waals surface area contributed by atoms with Gasteiger partial charge in [0, 0.05) is 34.1 Å². The van der Waals surface area contributed by atoms with E-state index in [1.165, 1.54) is 5.56 Å². The van der Waals surface area contributed by atoms with Crippen LogP contribution in [-0.4, -0.2) is 30.0 Å². The van der Waals surface area contributed by atoms with Crippen LogP contribution in [0.25, 0.3) is 0 Å². The number of carbonyl (C=O) groups is 1. The van der Waals surface area contributed by atoms with E-state index in [0.717, 1.165) is 36.2 Å². The van der Waals surface area contributed by atoms with Crippen LogP contribution in [0.4, 0.5) is 5.82 Å². The molecule has 3 rings (SSSR count). The van der Waals surface area contributed by atoms with Gasteiger partial charge in [0.05, 0.1) is 0 Å². The van der Waals surface area contributed by atoms with Gasteiger partial charge >= 0.3 is 0 Å². The Morgan fingerprint density at radius 2 is 2.10 bits per heavy atom. The summed E-state index contributed by atoms with van der Waals surface area (Å²) < 4.78 is 0.976. The van der Waals surface area contributed by atoms with E-state index in [-0.39, 0.29) is 17.4 Å². The van der Waals surface area contributed by atoms with Crippen LogP contribution >= 0.6 is 15.9 Å². The lowest BCUT2D eigenvalue weighted by Crippen LogP contribution is -2.51. The lowest BCUT2D eigenvalue weighted by Gasteiger charge is -2.42. The second kappa shape index (κ2) is 5.11. The number of amides is 1. The molecule has 1 amide bonds. The number of hydrogen-bond acceptors (Lipinski definition) is 3. The zero-order valence-electron chi connectivity index (χ0n) is 11.9. The Morgan fingerprint density at radius 3 is 2.80 bits per heavy atom. The zero-order chi connectivity index (χ0) is 14.3. The van der Waals surface area contributed by atoms with Crippen molar-refractivity contribution in [1.29, 1.82) is 0 Å². The minimum absolute atomic E-state index is 0.146. The summed E-state index contributed by atoms with van der Waals surface area (Å²) >= 11 is 3.50. The summed E-state index contributed by atoms with van der Waals surface area (Å²) in [5.41, 5.74) is 1.03. The predicted octanol–water partition coefficient (Wildman–Crippen LogP) is 2.61. The average Bonchev–Trinajstić information content (AvgIpc) is 2.40. The second-order valence-corrected chi connectivity index (χ2v) is 7.25. The molecule has 0 bridgehead atoms. The molecule has 1 aromatic rings. The number of nitrogens with zero attached hydrogens (tertiary/aromatic N) is 2. The summed E-state index contributed by atoms with van der Waals surface area (Å²) in [5.74, 6) is 1.07. The summed E-state index contributed by atoms with van der Waals surface area (Å²) in [6, 6.07) is 2.40. The fourth-order valence-corrected chi connectivity index (χ4v) is 3.57. The summed E-state index contributed by atoms with van der Waals surface area (Å²) in [4.78, 5) is 19.1. The molecule has 0 radical (unpaired) electrons. The predicted molar refractivity (Wildman–Crippen MR) is 83.0 cm³/mol. The highest BCUT2D eigenvalue weighted by Gasteiger charge is 2.40. The smallest absolute Gasteiger partial charge is 0.229 e. The van der Waals surface area contributed by atoms with Crippen molar-refractivity contribution in [2.75, 3.05) is 18.0 Å². The minimum atomic E-state index is -0.146. The van der Waals surface area contributed by atoms with Crippen molar-refractivity contribution in [3.8, 4) is 0 Å². The molecule has 1 saturated heterocycles. The summed E-state index contributed by atoms with van der Waals surface area (Å²) in [7, 11) is 0. The van der Waals surface area contributed by atoms with Gasteiger partial charge in [-0.1, -0.05) is 13.8 Å². The molecule has 0 saturated carbocycles. The lowest BCUT2D eigenvalue weighted by atomic mass is 9.78. The fraction of sp³-hybridized carbons (Fsp3) is 0.600. The van der Waals surface area contributed by atoms with E-state index in [4.69, 9.17) is 0 Å². The Labute approximate surface area is 128 Å². The number of piperidine rings is 1. The van der Waals surface area contributed by atoms with Crippen molar-refractivity contribution < 1.29 is 4.79 Å². The SMILES string of the molecule is CC1(C)CC(=O)N(C2CCNCC2)c2ncc(Br)cc21. The number of halogens is 1. The molecule has 0 aromatic carbocycles. The molecule has 5 heteroatoms. The molecule has 108 valence electrons. The molecular weight excluding hydrogens is 318 g/mol. The van der Waals surface area contributed by atoms with Crippen LogP contribution in [0.15, 0.2) is 16.7 Å². The van der Waals surface area contributed by atoms with E-state index in [9.17, 15) is 4.79 Å². The number of fused-ring (bicyclic) bond motifs is 1. The molecular formula is C15H20BrN3O. The maximum absolute atomic E-state index is 12.6. The van der Waals surface area contributed by atoms with Crippen molar-refractivity contribution in [2.45, 2.75) is 44.6 Å². The molecule has 1 fully saturated rings. The van der Waals surface area contributed by atoms with E-state index in [0.29, 0.717) is 6.42 Å². The van der Waals surface area contributed by atoms with Crippen LogP contribution in [-0.2, 0) is 10.2 Å². The molecule has 2 aliphatic rings. The van der Waals surface area contributed by atoms with Crippen LogP contribution in [0.3, 0.4) is 0 Å². The molecule has 0 atom stereocenters. The van der Waals surface area contributed by atoms with Gasteiger partial charge in [-0.15, -0.1) is 0 Å². The molecule has 0 aliphatic carbocycles. The normalized spacial score (nSPS) is 22.8. The Hall–Kier alpha value is -0.940. The number of carbonyl (C=O) groups excluding carboxylic acids is 1. The number of nitrogens with one attached hydrogen (secondary N) is 1. The van der Waals surface area contributed by atoms with E-state index in [2.05, 4.69) is 46.1 Å². The summed E-state index contributed by atoms with van der Waals surface area (Å²) in [6.45, 7) is 6.20. The van der Waals surface area contributed by atoms with Crippen molar-refractivity contribution in [3.05, 3.63) is 22.3 Å². The molecule has 0 unspecified atom stereocenters. The van der Waals surface area contributed by atoms with E-state index < -0.39 is 0 Å². The number of rotatable bonds is 1. The Bertz CT molecular complexity index is 538. The van der Waals surface area contributed by atoms with Gasteiger partial charge in [0.2, 0.25) is 5.91 Å².